The number of hydrogen-bond donors (Lipinski definition) is 2. The highest BCUT2D eigenvalue weighted by molar-refractivity contribution is 7.89. The first-order valence-electron chi connectivity index (χ1n) is 11.7. The van der Waals surface area contributed by atoms with E-state index < -0.39 is 10.0 Å². The van der Waals surface area contributed by atoms with Gasteiger partial charge in [-0.05, 0) is 49.9 Å². The summed E-state index contributed by atoms with van der Waals surface area (Å²) in [5, 5.41) is 5.85. The van der Waals surface area contributed by atoms with Crippen LogP contribution in [0.4, 0.5) is 10.6 Å². The molecule has 1 aliphatic heterocycles. The Labute approximate surface area is 197 Å². The average molecular weight is 474 g/mol. The minimum Gasteiger partial charge on any atom is -0.356 e. The van der Waals surface area contributed by atoms with E-state index in [1.54, 1.807) is 30.5 Å². The predicted octanol–water partition coefficient (Wildman–Crippen LogP) is 3.66. The number of nitrogens with one attached hydrogen (secondary N) is 2. The Bertz CT molecular complexity index is 1020. The fourth-order valence-electron chi connectivity index (χ4n) is 4.11. The highest BCUT2D eigenvalue weighted by Gasteiger charge is 2.22. The predicted molar refractivity (Wildman–Crippen MR) is 131 cm³/mol. The van der Waals surface area contributed by atoms with E-state index in [4.69, 9.17) is 0 Å². The molecule has 2 heterocycles. The van der Waals surface area contributed by atoms with Crippen LogP contribution in [0.25, 0.3) is 0 Å². The lowest BCUT2D eigenvalue weighted by Gasteiger charge is -2.29. The molecular formula is C24H35N5O3S. The molecule has 1 unspecified atom stereocenters. The summed E-state index contributed by atoms with van der Waals surface area (Å²) in [5.41, 5.74) is 1.83. The molecular weight excluding hydrogens is 438 g/mol. The van der Waals surface area contributed by atoms with Crippen molar-refractivity contribution in [2.75, 3.05) is 31.1 Å². The number of urea groups is 1. The minimum atomic E-state index is -3.50. The van der Waals surface area contributed by atoms with E-state index >= 15 is 0 Å². The summed E-state index contributed by atoms with van der Waals surface area (Å²) in [6.45, 7) is 8.74. The molecule has 0 spiro atoms. The smallest absolute Gasteiger partial charge is 0.315 e. The van der Waals surface area contributed by atoms with Crippen molar-refractivity contribution in [2.45, 2.75) is 57.5 Å². The maximum absolute atomic E-state index is 12.7. The van der Waals surface area contributed by atoms with Crippen molar-refractivity contribution in [1.82, 2.24) is 19.9 Å². The number of carbonyl (C=O) groups is 1. The van der Waals surface area contributed by atoms with Gasteiger partial charge in [0, 0.05) is 44.5 Å². The largest absolute Gasteiger partial charge is 0.356 e. The van der Waals surface area contributed by atoms with Crippen LogP contribution in [0.3, 0.4) is 0 Å². The zero-order chi connectivity index (χ0) is 23.8. The number of pyridine rings is 1. The second-order valence-electron chi connectivity index (χ2n) is 8.24. The van der Waals surface area contributed by atoms with Gasteiger partial charge >= 0.3 is 6.03 Å². The second-order valence-corrected chi connectivity index (χ2v) is 10.2. The highest BCUT2D eigenvalue weighted by Crippen LogP contribution is 2.22. The fraction of sp³-hybridized carbons (Fsp3) is 0.500. The van der Waals surface area contributed by atoms with Crippen LogP contribution in [0.15, 0.2) is 47.5 Å². The van der Waals surface area contributed by atoms with Gasteiger partial charge in [0.1, 0.15) is 5.82 Å². The fourth-order valence-corrected chi connectivity index (χ4v) is 5.56. The van der Waals surface area contributed by atoms with E-state index in [9.17, 15) is 13.2 Å². The third-order valence-electron chi connectivity index (χ3n) is 6.03. The third kappa shape index (κ3) is 6.23. The van der Waals surface area contributed by atoms with Crippen LogP contribution in [0, 0.1) is 0 Å². The van der Waals surface area contributed by atoms with Gasteiger partial charge in [-0.3, -0.25) is 0 Å². The number of aromatic nitrogens is 1. The number of piperidine rings is 1. The normalized spacial score (nSPS) is 15.3. The molecule has 0 radical (unpaired) electrons. The van der Waals surface area contributed by atoms with Gasteiger partial charge in [0.05, 0.1) is 10.9 Å². The van der Waals surface area contributed by atoms with Crippen molar-refractivity contribution in [3.05, 3.63) is 53.7 Å². The minimum absolute atomic E-state index is 0.258. The number of hydrogen-bond acceptors (Lipinski definition) is 5. The van der Waals surface area contributed by atoms with Crippen LogP contribution in [0.1, 0.15) is 57.2 Å². The molecule has 2 N–H and O–H groups in total. The van der Waals surface area contributed by atoms with Crippen LogP contribution in [-0.2, 0) is 16.6 Å². The molecule has 1 saturated heterocycles. The molecule has 1 aromatic carbocycles. The van der Waals surface area contributed by atoms with Crippen LogP contribution in [-0.4, -0.2) is 49.9 Å². The standard InChI is InChI=1S/C24H35N5O3S/c1-4-29(5-2)33(31,32)22-13-11-20(12-14-22)19(3)27-24(30)26-18-21-10-9-15-25-23(21)28-16-7-6-8-17-28/h9-15,19H,4-8,16-18H2,1-3H3,(H2,26,27,30). The summed E-state index contributed by atoms with van der Waals surface area (Å²) in [7, 11) is -3.50. The van der Waals surface area contributed by atoms with Gasteiger partial charge in [-0.2, -0.15) is 4.31 Å². The van der Waals surface area contributed by atoms with Crippen molar-refractivity contribution in [1.29, 1.82) is 0 Å². The van der Waals surface area contributed by atoms with E-state index in [0.29, 0.717) is 19.6 Å². The van der Waals surface area contributed by atoms with Crippen molar-refractivity contribution in [3.63, 3.8) is 0 Å². The molecule has 1 aliphatic rings. The Kier molecular flexibility index (Phi) is 8.68. The molecule has 1 atom stereocenters. The Balaban J connectivity index is 1.58. The van der Waals surface area contributed by atoms with Gasteiger partial charge in [-0.1, -0.05) is 32.0 Å². The van der Waals surface area contributed by atoms with Gasteiger partial charge < -0.3 is 15.5 Å². The molecule has 0 bridgehead atoms. The second kappa shape index (κ2) is 11.5. The summed E-state index contributed by atoms with van der Waals surface area (Å²) < 4.78 is 26.7. The third-order valence-corrected chi connectivity index (χ3v) is 8.10. The van der Waals surface area contributed by atoms with Gasteiger partial charge in [0.15, 0.2) is 0 Å². The zero-order valence-electron chi connectivity index (χ0n) is 19.8. The van der Waals surface area contributed by atoms with Gasteiger partial charge in [-0.25, -0.2) is 18.2 Å². The highest BCUT2D eigenvalue weighted by atomic mass is 32.2. The first kappa shape index (κ1) is 25.0. The molecule has 0 aliphatic carbocycles. The molecule has 0 saturated carbocycles. The molecule has 2 aromatic rings. The first-order chi connectivity index (χ1) is 15.9. The SMILES string of the molecule is CCN(CC)S(=O)(=O)c1ccc(C(C)NC(=O)NCc2cccnc2N2CCCCC2)cc1. The summed E-state index contributed by atoms with van der Waals surface area (Å²) in [6.07, 6.45) is 5.37. The maximum Gasteiger partial charge on any atom is 0.315 e. The Morgan fingerprint density at radius 3 is 2.39 bits per heavy atom. The van der Waals surface area contributed by atoms with Crippen molar-refractivity contribution in [3.8, 4) is 0 Å². The van der Waals surface area contributed by atoms with E-state index in [2.05, 4.69) is 20.5 Å². The number of nitrogens with zero attached hydrogens (tertiary/aromatic N) is 3. The van der Waals surface area contributed by atoms with Crippen molar-refractivity contribution >= 4 is 21.9 Å². The van der Waals surface area contributed by atoms with Crippen LogP contribution in [0.2, 0.25) is 0 Å². The number of amides is 2. The Morgan fingerprint density at radius 2 is 1.76 bits per heavy atom. The summed E-state index contributed by atoms with van der Waals surface area (Å²) in [5.74, 6) is 0.940. The van der Waals surface area contributed by atoms with Crippen molar-refractivity contribution in [2.24, 2.45) is 0 Å². The van der Waals surface area contributed by atoms with Gasteiger partial charge in [0.25, 0.3) is 0 Å². The molecule has 1 aromatic heterocycles. The monoisotopic (exact) mass is 473 g/mol. The number of benzene rings is 1. The van der Waals surface area contributed by atoms with Crippen LogP contribution in [0.5, 0.6) is 0 Å². The maximum atomic E-state index is 12.7. The summed E-state index contributed by atoms with van der Waals surface area (Å²) in [6, 6.07) is 10.0. The lowest BCUT2D eigenvalue weighted by Crippen LogP contribution is -2.37. The van der Waals surface area contributed by atoms with Gasteiger partial charge in [-0.15, -0.1) is 0 Å². The molecule has 2 amide bonds. The van der Waals surface area contributed by atoms with E-state index in [1.165, 1.54) is 10.7 Å². The number of rotatable bonds is 9. The van der Waals surface area contributed by atoms with Gasteiger partial charge in [0.2, 0.25) is 10.0 Å². The quantitative estimate of drug-likeness (QED) is 0.580. The summed E-state index contributed by atoms with van der Waals surface area (Å²) >= 11 is 0. The molecule has 33 heavy (non-hydrogen) atoms. The molecule has 3 rings (SSSR count). The Morgan fingerprint density at radius 1 is 1.09 bits per heavy atom. The van der Waals surface area contributed by atoms with Crippen LogP contribution >= 0.6 is 0 Å². The first-order valence-corrected chi connectivity index (χ1v) is 13.1. The van der Waals surface area contributed by atoms with Crippen LogP contribution < -0.4 is 15.5 Å². The van der Waals surface area contributed by atoms with E-state index in [0.717, 1.165) is 42.9 Å². The molecule has 180 valence electrons. The van der Waals surface area contributed by atoms with E-state index in [1.807, 2.05) is 32.9 Å². The topological polar surface area (TPSA) is 94.6 Å². The molecule has 8 nitrogen and oxygen atoms in total. The molecule has 1 fully saturated rings. The van der Waals surface area contributed by atoms with Crippen molar-refractivity contribution < 1.29 is 13.2 Å². The lowest BCUT2D eigenvalue weighted by atomic mass is 10.1. The summed E-state index contributed by atoms with van der Waals surface area (Å²) in [4.78, 5) is 19.6. The van der Waals surface area contributed by atoms with E-state index in [-0.39, 0.29) is 17.0 Å². The average Bonchev–Trinajstić information content (AvgIpc) is 2.84. The Hall–Kier alpha value is -2.65. The number of anilines is 1. The molecule has 9 heteroatoms. The number of sulfonamides is 1. The number of carbonyl (C=O) groups excluding carboxylic acids is 1. The zero-order valence-corrected chi connectivity index (χ0v) is 20.6. The lowest BCUT2D eigenvalue weighted by molar-refractivity contribution is 0.237.